The molecule has 0 saturated heterocycles. The zero-order valence-corrected chi connectivity index (χ0v) is 9.35. The lowest BCUT2D eigenvalue weighted by atomic mass is 10.2. The van der Waals surface area contributed by atoms with E-state index in [-0.39, 0.29) is 6.01 Å². The lowest BCUT2D eigenvalue weighted by Crippen LogP contribution is -1.90. The van der Waals surface area contributed by atoms with Gasteiger partial charge in [-0.1, -0.05) is 11.6 Å². The van der Waals surface area contributed by atoms with Gasteiger partial charge in [0, 0.05) is 11.5 Å². The normalized spacial score (nSPS) is 10.6. The van der Waals surface area contributed by atoms with Crippen molar-refractivity contribution in [3.05, 3.63) is 41.8 Å². The summed E-state index contributed by atoms with van der Waals surface area (Å²) in [7, 11) is 0. The van der Waals surface area contributed by atoms with Crippen LogP contribution >= 0.6 is 11.6 Å². The Kier molecular flexibility index (Phi) is 2.38. The van der Waals surface area contributed by atoms with Gasteiger partial charge in [0.15, 0.2) is 0 Å². The molecule has 84 valence electrons. The number of hydrogen-bond acceptors (Lipinski definition) is 4. The maximum Gasteiger partial charge on any atom is 0.321 e. The van der Waals surface area contributed by atoms with Gasteiger partial charge in [-0.2, -0.15) is 5.10 Å². The van der Waals surface area contributed by atoms with Crippen molar-refractivity contribution in [3.63, 3.8) is 0 Å². The van der Waals surface area contributed by atoms with Crippen molar-refractivity contribution < 1.29 is 4.74 Å². The van der Waals surface area contributed by atoms with Crippen molar-refractivity contribution >= 4 is 22.5 Å². The standard InChI is InChI=1S/C11H7ClN4O/c12-8-5-13-11(14-6-8)17-9-2-1-7-4-15-16-10(7)3-9/h1-6H,(H,15,16). The molecule has 0 spiro atoms. The van der Waals surface area contributed by atoms with Crippen LogP contribution in [0.25, 0.3) is 10.9 Å². The maximum absolute atomic E-state index is 5.68. The second-order valence-electron chi connectivity index (χ2n) is 3.40. The summed E-state index contributed by atoms with van der Waals surface area (Å²) >= 11 is 5.68. The topological polar surface area (TPSA) is 63.7 Å². The van der Waals surface area contributed by atoms with Crippen molar-refractivity contribution in [2.24, 2.45) is 0 Å². The summed E-state index contributed by atoms with van der Waals surface area (Å²) in [4.78, 5) is 7.90. The quantitative estimate of drug-likeness (QED) is 0.755. The van der Waals surface area contributed by atoms with E-state index in [1.165, 1.54) is 12.4 Å². The van der Waals surface area contributed by atoms with E-state index < -0.39 is 0 Å². The molecule has 1 aromatic carbocycles. The monoisotopic (exact) mass is 246 g/mol. The van der Waals surface area contributed by atoms with Crippen LogP contribution in [0.15, 0.2) is 36.8 Å². The first-order chi connectivity index (χ1) is 8.31. The Balaban J connectivity index is 1.91. The number of fused-ring (bicyclic) bond motifs is 1. The number of hydrogen-bond donors (Lipinski definition) is 1. The number of aromatic nitrogens is 4. The van der Waals surface area contributed by atoms with E-state index in [1.54, 1.807) is 6.20 Å². The van der Waals surface area contributed by atoms with E-state index >= 15 is 0 Å². The van der Waals surface area contributed by atoms with E-state index in [0.29, 0.717) is 10.8 Å². The van der Waals surface area contributed by atoms with Crippen LogP contribution in [-0.2, 0) is 0 Å². The number of ether oxygens (including phenoxy) is 1. The molecule has 0 aliphatic heterocycles. The van der Waals surface area contributed by atoms with E-state index in [2.05, 4.69) is 20.2 Å². The summed E-state index contributed by atoms with van der Waals surface area (Å²) in [5, 5.41) is 8.29. The average molecular weight is 247 g/mol. The molecule has 0 aliphatic rings. The number of aromatic amines is 1. The molecule has 0 fully saturated rings. The minimum absolute atomic E-state index is 0.258. The third-order valence-corrected chi connectivity index (χ3v) is 2.41. The molecule has 0 aliphatic carbocycles. The summed E-state index contributed by atoms with van der Waals surface area (Å²) in [6.45, 7) is 0. The fourth-order valence-corrected chi connectivity index (χ4v) is 1.54. The molecule has 0 unspecified atom stereocenters. The largest absolute Gasteiger partial charge is 0.424 e. The van der Waals surface area contributed by atoms with Crippen LogP contribution in [0, 0.1) is 0 Å². The molecule has 3 aromatic rings. The lowest BCUT2D eigenvalue weighted by molar-refractivity contribution is 0.442. The number of H-pyrrole nitrogens is 1. The maximum atomic E-state index is 5.68. The third-order valence-electron chi connectivity index (χ3n) is 2.22. The van der Waals surface area contributed by atoms with Crippen molar-refractivity contribution in [2.75, 3.05) is 0 Å². The fraction of sp³-hybridized carbons (Fsp3) is 0. The predicted molar refractivity (Wildman–Crippen MR) is 63.2 cm³/mol. The molecule has 17 heavy (non-hydrogen) atoms. The van der Waals surface area contributed by atoms with Crippen molar-refractivity contribution in [2.45, 2.75) is 0 Å². The van der Waals surface area contributed by atoms with E-state index in [1.807, 2.05) is 18.2 Å². The molecule has 0 bridgehead atoms. The molecule has 3 rings (SSSR count). The Morgan fingerprint density at radius 1 is 1.12 bits per heavy atom. The highest BCUT2D eigenvalue weighted by Crippen LogP contribution is 2.22. The molecule has 2 aromatic heterocycles. The van der Waals surface area contributed by atoms with Crippen LogP contribution in [0.3, 0.4) is 0 Å². The van der Waals surface area contributed by atoms with Gasteiger partial charge in [0.2, 0.25) is 0 Å². The number of rotatable bonds is 2. The average Bonchev–Trinajstić information content (AvgIpc) is 2.79. The van der Waals surface area contributed by atoms with E-state index in [9.17, 15) is 0 Å². The summed E-state index contributed by atoms with van der Waals surface area (Å²) in [6, 6.07) is 5.83. The van der Waals surface area contributed by atoms with Crippen LogP contribution in [0.5, 0.6) is 11.8 Å². The van der Waals surface area contributed by atoms with Gasteiger partial charge in [0.05, 0.1) is 29.1 Å². The summed E-state index contributed by atoms with van der Waals surface area (Å²) < 4.78 is 5.48. The Morgan fingerprint density at radius 2 is 1.94 bits per heavy atom. The second-order valence-corrected chi connectivity index (χ2v) is 3.84. The van der Waals surface area contributed by atoms with Gasteiger partial charge in [-0.05, 0) is 12.1 Å². The molecular weight excluding hydrogens is 240 g/mol. The highest BCUT2D eigenvalue weighted by atomic mass is 35.5. The highest BCUT2D eigenvalue weighted by Gasteiger charge is 2.02. The zero-order valence-electron chi connectivity index (χ0n) is 8.59. The summed E-state index contributed by atoms with van der Waals surface area (Å²) in [6.07, 6.45) is 4.72. The molecule has 6 heteroatoms. The van der Waals surface area contributed by atoms with Gasteiger partial charge < -0.3 is 4.74 Å². The van der Waals surface area contributed by atoms with Gasteiger partial charge in [-0.3, -0.25) is 5.10 Å². The molecule has 1 N–H and O–H groups in total. The van der Waals surface area contributed by atoms with Crippen LogP contribution in [0.4, 0.5) is 0 Å². The number of nitrogens with one attached hydrogen (secondary N) is 1. The third kappa shape index (κ3) is 2.05. The van der Waals surface area contributed by atoms with Gasteiger partial charge in [-0.15, -0.1) is 0 Å². The molecule has 0 amide bonds. The highest BCUT2D eigenvalue weighted by molar-refractivity contribution is 6.30. The molecule has 2 heterocycles. The molecular formula is C11H7ClN4O. The van der Waals surface area contributed by atoms with Crippen molar-refractivity contribution in [3.8, 4) is 11.8 Å². The first-order valence-electron chi connectivity index (χ1n) is 4.90. The van der Waals surface area contributed by atoms with E-state index in [4.69, 9.17) is 16.3 Å². The lowest BCUT2D eigenvalue weighted by Gasteiger charge is -2.02. The van der Waals surface area contributed by atoms with Crippen LogP contribution in [0.2, 0.25) is 5.02 Å². The second kappa shape index (κ2) is 4.03. The smallest absolute Gasteiger partial charge is 0.321 e. The van der Waals surface area contributed by atoms with Gasteiger partial charge >= 0.3 is 6.01 Å². The fourth-order valence-electron chi connectivity index (χ4n) is 1.44. The van der Waals surface area contributed by atoms with E-state index in [0.717, 1.165) is 10.9 Å². The van der Waals surface area contributed by atoms with Gasteiger partial charge in [-0.25, -0.2) is 9.97 Å². The predicted octanol–water partition coefficient (Wildman–Crippen LogP) is 2.80. The Bertz CT molecular complexity index is 650. The number of nitrogens with zero attached hydrogens (tertiary/aromatic N) is 3. The molecule has 0 saturated carbocycles. The first-order valence-corrected chi connectivity index (χ1v) is 5.27. The van der Waals surface area contributed by atoms with Gasteiger partial charge in [0.1, 0.15) is 5.75 Å². The number of benzene rings is 1. The number of halogens is 1. The van der Waals surface area contributed by atoms with Crippen LogP contribution in [-0.4, -0.2) is 20.2 Å². The van der Waals surface area contributed by atoms with Gasteiger partial charge in [0.25, 0.3) is 0 Å². The Hall–Kier alpha value is -2.14. The minimum atomic E-state index is 0.258. The molecule has 0 radical (unpaired) electrons. The SMILES string of the molecule is Clc1cnc(Oc2ccc3cn[nH]c3c2)nc1. The Labute approximate surface area is 101 Å². The summed E-state index contributed by atoms with van der Waals surface area (Å²) in [5.74, 6) is 0.643. The minimum Gasteiger partial charge on any atom is -0.424 e. The molecule has 0 atom stereocenters. The van der Waals surface area contributed by atoms with Crippen LogP contribution in [0.1, 0.15) is 0 Å². The molecule has 5 nitrogen and oxygen atoms in total. The van der Waals surface area contributed by atoms with Crippen molar-refractivity contribution in [1.29, 1.82) is 0 Å². The van der Waals surface area contributed by atoms with Crippen molar-refractivity contribution in [1.82, 2.24) is 20.2 Å². The zero-order chi connectivity index (χ0) is 11.7. The Morgan fingerprint density at radius 3 is 2.76 bits per heavy atom. The van der Waals surface area contributed by atoms with Crippen LogP contribution < -0.4 is 4.74 Å². The first kappa shape index (κ1) is 10.0. The summed E-state index contributed by atoms with van der Waals surface area (Å²) in [5.41, 5.74) is 0.900.